The van der Waals surface area contributed by atoms with E-state index in [4.69, 9.17) is 11.3 Å². The zero-order chi connectivity index (χ0) is 16.7. The third-order valence-electron chi connectivity index (χ3n) is 4.42. The number of nitrogen functional groups attached to an aromatic ring is 1. The minimum atomic E-state index is 0.650. The molecule has 0 bridgehead atoms. The molecule has 0 aromatic heterocycles. The van der Waals surface area contributed by atoms with Gasteiger partial charge in [0.2, 0.25) is 0 Å². The van der Waals surface area contributed by atoms with Crippen LogP contribution in [0.1, 0.15) is 16.7 Å². The van der Waals surface area contributed by atoms with Gasteiger partial charge in [0, 0.05) is 12.7 Å². The van der Waals surface area contributed by atoms with Crippen molar-refractivity contribution < 1.29 is 0 Å². The molecule has 4 rings (SSSR count). The number of rotatable bonds is 2. The van der Waals surface area contributed by atoms with E-state index in [0.29, 0.717) is 5.69 Å². The summed E-state index contributed by atoms with van der Waals surface area (Å²) in [6, 6.07) is 13.8. The zero-order valence-electron chi connectivity index (χ0n) is 13.2. The Balaban J connectivity index is 2.00. The first-order chi connectivity index (χ1) is 11.7. The maximum absolute atomic E-state index is 7.29. The molecular weight excluding hydrogens is 296 g/mol. The monoisotopic (exact) mass is 312 g/mol. The molecule has 0 radical (unpaired) electrons. The lowest BCUT2D eigenvalue weighted by molar-refractivity contribution is 1.15. The second kappa shape index (κ2) is 5.42. The second-order valence-electron chi connectivity index (χ2n) is 5.79. The molecule has 2 aliphatic rings. The number of fused-ring (bicyclic) bond motifs is 3. The van der Waals surface area contributed by atoms with Gasteiger partial charge in [-0.05, 0) is 69.8 Å². The summed E-state index contributed by atoms with van der Waals surface area (Å²) < 4.78 is 0. The van der Waals surface area contributed by atoms with E-state index in [1.165, 1.54) is 11.1 Å². The number of hydrogen-bond acceptors (Lipinski definition) is 4. The molecule has 2 aromatic carbocycles. The highest BCUT2D eigenvalue weighted by molar-refractivity contribution is 6.19. The zero-order valence-corrected chi connectivity index (χ0v) is 13.2. The molecule has 2 aromatic rings. The Kier molecular flexibility index (Phi) is 3.24. The normalized spacial score (nSPS) is 16.9. The Morgan fingerprint density at radius 3 is 2.46 bits per heavy atom. The molecule has 0 heterocycles. The first kappa shape index (κ1) is 14.3. The number of allylic oxidation sites excluding steroid dienone is 5. The average molecular weight is 312 g/mol. The number of hydrogen-bond donors (Lipinski definition) is 2. The third kappa shape index (κ3) is 2.12. The molecule has 116 valence electrons. The Morgan fingerprint density at radius 2 is 1.75 bits per heavy atom. The number of nitrogens with one attached hydrogen (secondary N) is 1. The molecule has 0 unspecified atom stereocenters. The lowest BCUT2D eigenvalue weighted by atomic mass is 9.95. The lowest BCUT2D eigenvalue weighted by Crippen LogP contribution is -1.97. The van der Waals surface area contributed by atoms with Crippen molar-refractivity contribution in [3.8, 4) is 0 Å². The van der Waals surface area contributed by atoms with Gasteiger partial charge in [0.15, 0.2) is 0 Å². The van der Waals surface area contributed by atoms with E-state index in [0.717, 1.165) is 33.7 Å². The SMILES string of the molecule is CN=C1C=CC2=C(c3ccc(N)cc3)c3ccc(N=N)cc3C2=C1. The van der Waals surface area contributed by atoms with Crippen molar-refractivity contribution >= 4 is 28.2 Å². The number of nitrogens with zero attached hydrogens (tertiary/aromatic N) is 2. The van der Waals surface area contributed by atoms with E-state index < -0.39 is 0 Å². The van der Waals surface area contributed by atoms with Gasteiger partial charge in [0.1, 0.15) is 0 Å². The van der Waals surface area contributed by atoms with Crippen molar-refractivity contribution in [2.75, 3.05) is 12.8 Å². The van der Waals surface area contributed by atoms with Crippen LogP contribution >= 0.6 is 0 Å². The smallest absolute Gasteiger partial charge is 0.0856 e. The summed E-state index contributed by atoms with van der Waals surface area (Å²) in [6.07, 6.45) is 6.23. The van der Waals surface area contributed by atoms with Crippen LogP contribution in [0.5, 0.6) is 0 Å². The first-order valence-electron chi connectivity index (χ1n) is 7.70. The van der Waals surface area contributed by atoms with Crippen LogP contribution in [0.2, 0.25) is 0 Å². The standard InChI is InChI=1S/C20H16N4/c1-23-14-6-8-16-18(10-14)19-11-15(24-22)7-9-17(19)20(16)12-2-4-13(21)5-3-12/h2-11,22H,21H2,1H3. The highest BCUT2D eigenvalue weighted by atomic mass is 15.0. The van der Waals surface area contributed by atoms with E-state index in [1.54, 1.807) is 7.05 Å². The first-order valence-corrected chi connectivity index (χ1v) is 7.70. The van der Waals surface area contributed by atoms with E-state index in [1.807, 2.05) is 48.5 Å². The molecule has 2 aliphatic carbocycles. The summed E-state index contributed by atoms with van der Waals surface area (Å²) in [7, 11) is 1.79. The maximum atomic E-state index is 7.29. The summed E-state index contributed by atoms with van der Waals surface area (Å²) in [5.41, 5.74) is 22.3. The van der Waals surface area contributed by atoms with E-state index >= 15 is 0 Å². The summed E-state index contributed by atoms with van der Waals surface area (Å²) in [5, 5.41) is 3.57. The fourth-order valence-corrected chi connectivity index (χ4v) is 3.26. The number of nitrogens with two attached hydrogens (primary N) is 1. The fourth-order valence-electron chi connectivity index (χ4n) is 3.26. The highest BCUT2D eigenvalue weighted by Crippen LogP contribution is 2.47. The molecule has 4 nitrogen and oxygen atoms in total. The quantitative estimate of drug-likeness (QED) is 0.608. The molecule has 0 fully saturated rings. The van der Waals surface area contributed by atoms with Gasteiger partial charge in [-0.3, -0.25) is 4.99 Å². The summed E-state index contributed by atoms with van der Waals surface area (Å²) in [5.74, 6) is 0. The van der Waals surface area contributed by atoms with Crippen LogP contribution in [0.25, 0.3) is 11.1 Å². The molecule has 0 saturated carbocycles. The Hall–Kier alpha value is -3.27. The largest absolute Gasteiger partial charge is 0.399 e. The van der Waals surface area contributed by atoms with Gasteiger partial charge in [0.25, 0.3) is 0 Å². The lowest BCUT2D eigenvalue weighted by Gasteiger charge is -2.10. The van der Waals surface area contributed by atoms with Gasteiger partial charge in [0.05, 0.1) is 11.4 Å². The van der Waals surface area contributed by atoms with E-state index in [2.05, 4.69) is 22.3 Å². The Morgan fingerprint density at radius 1 is 0.958 bits per heavy atom. The van der Waals surface area contributed by atoms with Crippen molar-refractivity contribution in [2.45, 2.75) is 0 Å². The number of benzene rings is 2. The average Bonchev–Trinajstić information content (AvgIpc) is 2.95. The van der Waals surface area contributed by atoms with Crippen LogP contribution in [0, 0.1) is 5.53 Å². The minimum absolute atomic E-state index is 0.650. The summed E-state index contributed by atoms with van der Waals surface area (Å²) >= 11 is 0. The van der Waals surface area contributed by atoms with Gasteiger partial charge in [-0.15, -0.1) is 0 Å². The number of aliphatic imine (C=N–C) groups is 1. The van der Waals surface area contributed by atoms with Gasteiger partial charge in [-0.25, -0.2) is 5.53 Å². The molecule has 0 aliphatic heterocycles. The maximum Gasteiger partial charge on any atom is 0.0856 e. The van der Waals surface area contributed by atoms with Crippen LogP contribution in [-0.4, -0.2) is 12.8 Å². The van der Waals surface area contributed by atoms with E-state index in [9.17, 15) is 0 Å². The van der Waals surface area contributed by atoms with Gasteiger partial charge >= 0.3 is 0 Å². The van der Waals surface area contributed by atoms with Crippen molar-refractivity contribution in [3.63, 3.8) is 0 Å². The van der Waals surface area contributed by atoms with Gasteiger partial charge < -0.3 is 5.73 Å². The van der Waals surface area contributed by atoms with Gasteiger partial charge in [-0.1, -0.05) is 24.3 Å². The van der Waals surface area contributed by atoms with Crippen LogP contribution in [-0.2, 0) is 0 Å². The van der Waals surface area contributed by atoms with Crippen LogP contribution in [0.3, 0.4) is 0 Å². The molecular formula is C20H16N4. The molecule has 3 N–H and O–H groups in total. The molecule has 0 saturated heterocycles. The fraction of sp³-hybridized carbons (Fsp3) is 0.0500. The molecule has 0 amide bonds. The van der Waals surface area contributed by atoms with Crippen LogP contribution in [0.4, 0.5) is 11.4 Å². The highest BCUT2D eigenvalue weighted by Gasteiger charge is 2.28. The predicted molar refractivity (Wildman–Crippen MR) is 98.6 cm³/mol. The molecule has 0 atom stereocenters. The molecule has 24 heavy (non-hydrogen) atoms. The Labute approximate surface area is 140 Å². The topological polar surface area (TPSA) is 74.6 Å². The summed E-state index contributed by atoms with van der Waals surface area (Å²) in [6.45, 7) is 0. The summed E-state index contributed by atoms with van der Waals surface area (Å²) in [4.78, 5) is 4.29. The van der Waals surface area contributed by atoms with Crippen molar-refractivity contribution in [1.29, 1.82) is 5.53 Å². The van der Waals surface area contributed by atoms with Crippen molar-refractivity contribution in [2.24, 2.45) is 10.1 Å². The number of anilines is 1. The van der Waals surface area contributed by atoms with Gasteiger partial charge in [-0.2, -0.15) is 5.11 Å². The predicted octanol–water partition coefficient (Wildman–Crippen LogP) is 4.77. The minimum Gasteiger partial charge on any atom is -0.399 e. The van der Waals surface area contributed by atoms with Crippen molar-refractivity contribution in [3.05, 3.63) is 83.0 Å². The van der Waals surface area contributed by atoms with Crippen LogP contribution in [0.15, 0.2) is 76.4 Å². The van der Waals surface area contributed by atoms with Crippen LogP contribution < -0.4 is 5.73 Å². The second-order valence-corrected chi connectivity index (χ2v) is 5.79. The van der Waals surface area contributed by atoms with Crippen molar-refractivity contribution in [1.82, 2.24) is 0 Å². The Bertz CT molecular complexity index is 973. The molecule has 4 heteroatoms. The third-order valence-corrected chi connectivity index (χ3v) is 4.42. The molecule has 0 spiro atoms. The van der Waals surface area contributed by atoms with E-state index in [-0.39, 0.29) is 0 Å².